The summed E-state index contributed by atoms with van der Waals surface area (Å²) in [5, 5.41) is 11.7. The zero-order valence-electron chi connectivity index (χ0n) is 14.2. The summed E-state index contributed by atoms with van der Waals surface area (Å²) in [4.78, 5) is 11.5. The van der Waals surface area contributed by atoms with Gasteiger partial charge in [0.2, 0.25) is 0 Å². The van der Waals surface area contributed by atoms with Gasteiger partial charge in [0.25, 0.3) is 0 Å². The third-order valence-corrected chi connectivity index (χ3v) is 5.81. The highest BCUT2D eigenvalue weighted by atomic mass is 16.3. The SMILES string of the molecule is Cc1cccnc1C1(O)[C@@H]2CCC[C@@H]1CN(Cc1ccccn1)C2. The van der Waals surface area contributed by atoms with Crippen LogP contribution in [0.1, 0.15) is 36.2 Å². The Labute approximate surface area is 143 Å². The van der Waals surface area contributed by atoms with Crippen LogP contribution in [0.5, 0.6) is 0 Å². The number of rotatable bonds is 3. The third-order valence-electron chi connectivity index (χ3n) is 5.81. The van der Waals surface area contributed by atoms with E-state index in [1.165, 1.54) is 6.42 Å². The molecule has 1 aliphatic heterocycles. The summed E-state index contributed by atoms with van der Waals surface area (Å²) in [5.74, 6) is 0.504. The summed E-state index contributed by atoms with van der Waals surface area (Å²) in [6.45, 7) is 4.76. The summed E-state index contributed by atoms with van der Waals surface area (Å²) in [5.41, 5.74) is 2.34. The fraction of sp³-hybridized carbons (Fsp3) is 0.500. The molecular weight excluding hydrogens is 298 g/mol. The number of likely N-dealkylation sites (tertiary alicyclic amines) is 1. The highest BCUT2D eigenvalue weighted by Gasteiger charge is 2.52. The minimum Gasteiger partial charge on any atom is -0.383 e. The number of pyridine rings is 2. The first kappa shape index (κ1) is 15.7. The molecule has 1 saturated heterocycles. The fourth-order valence-electron chi connectivity index (χ4n) is 4.68. The largest absolute Gasteiger partial charge is 0.383 e. The van der Waals surface area contributed by atoms with Crippen LogP contribution in [0.4, 0.5) is 0 Å². The van der Waals surface area contributed by atoms with Crippen molar-refractivity contribution < 1.29 is 5.11 Å². The van der Waals surface area contributed by atoms with Gasteiger partial charge in [-0.15, -0.1) is 0 Å². The van der Waals surface area contributed by atoms with E-state index in [1.54, 1.807) is 0 Å². The van der Waals surface area contributed by atoms with Crippen molar-refractivity contribution in [2.45, 2.75) is 38.3 Å². The first-order chi connectivity index (χ1) is 11.7. The summed E-state index contributed by atoms with van der Waals surface area (Å²) in [7, 11) is 0. The van der Waals surface area contributed by atoms with Gasteiger partial charge < -0.3 is 5.11 Å². The monoisotopic (exact) mass is 323 g/mol. The van der Waals surface area contributed by atoms with Crippen molar-refractivity contribution in [1.82, 2.24) is 14.9 Å². The van der Waals surface area contributed by atoms with Gasteiger partial charge in [-0.25, -0.2) is 0 Å². The number of hydrogen-bond donors (Lipinski definition) is 1. The minimum absolute atomic E-state index is 0.252. The van der Waals surface area contributed by atoms with E-state index in [9.17, 15) is 5.11 Å². The molecule has 2 atom stereocenters. The maximum absolute atomic E-state index is 11.7. The molecule has 1 saturated carbocycles. The van der Waals surface area contributed by atoms with Gasteiger partial charge in [-0.2, -0.15) is 0 Å². The Bertz CT molecular complexity index is 689. The lowest BCUT2D eigenvalue weighted by Gasteiger charge is -2.53. The van der Waals surface area contributed by atoms with Crippen molar-refractivity contribution in [3.8, 4) is 0 Å². The molecule has 0 radical (unpaired) electrons. The van der Waals surface area contributed by atoms with E-state index in [0.717, 1.165) is 49.4 Å². The number of piperidine rings is 1. The molecular formula is C20H25N3O. The zero-order chi connectivity index (χ0) is 16.6. The molecule has 1 N–H and O–H groups in total. The van der Waals surface area contributed by atoms with Gasteiger partial charge in [-0.3, -0.25) is 14.9 Å². The predicted octanol–water partition coefficient (Wildman–Crippen LogP) is 2.90. The number of aryl methyl sites for hydroxylation is 1. The van der Waals surface area contributed by atoms with Crippen LogP contribution in [0.2, 0.25) is 0 Å². The van der Waals surface area contributed by atoms with Gasteiger partial charge in [-0.05, 0) is 43.5 Å². The average Bonchev–Trinajstić information content (AvgIpc) is 2.57. The molecule has 2 aliphatic rings. The molecule has 2 bridgehead atoms. The molecule has 4 rings (SSSR count). The van der Waals surface area contributed by atoms with Crippen molar-refractivity contribution in [2.75, 3.05) is 13.1 Å². The highest BCUT2D eigenvalue weighted by molar-refractivity contribution is 5.28. The van der Waals surface area contributed by atoms with Crippen LogP contribution in [0.15, 0.2) is 42.7 Å². The fourth-order valence-corrected chi connectivity index (χ4v) is 4.68. The summed E-state index contributed by atoms with van der Waals surface area (Å²) >= 11 is 0. The molecule has 2 fully saturated rings. The Morgan fingerprint density at radius 3 is 2.50 bits per heavy atom. The van der Waals surface area contributed by atoms with E-state index in [0.29, 0.717) is 0 Å². The van der Waals surface area contributed by atoms with Crippen LogP contribution in [0.25, 0.3) is 0 Å². The van der Waals surface area contributed by atoms with Crippen molar-refractivity contribution >= 4 is 0 Å². The Balaban J connectivity index is 1.60. The smallest absolute Gasteiger partial charge is 0.115 e. The second-order valence-corrected chi connectivity index (χ2v) is 7.33. The van der Waals surface area contributed by atoms with Gasteiger partial charge >= 0.3 is 0 Å². The quantitative estimate of drug-likeness (QED) is 0.943. The molecule has 24 heavy (non-hydrogen) atoms. The highest BCUT2D eigenvalue weighted by Crippen LogP contribution is 2.49. The second kappa shape index (κ2) is 6.26. The van der Waals surface area contributed by atoms with Gasteiger partial charge in [-0.1, -0.05) is 18.6 Å². The van der Waals surface area contributed by atoms with Crippen LogP contribution in [-0.2, 0) is 12.1 Å². The first-order valence-electron chi connectivity index (χ1n) is 8.94. The maximum Gasteiger partial charge on any atom is 0.115 e. The molecule has 3 heterocycles. The summed E-state index contributed by atoms with van der Waals surface area (Å²) in [6.07, 6.45) is 7.02. The molecule has 2 aromatic rings. The number of nitrogens with zero attached hydrogens (tertiary/aromatic N) is 3. The van der Waals surface area contributed by atoms with Crippen molar-refractivity contribution in [1.29, 1.82) is 0 Å². The summed E-state index contributed by atoms with van der Waals surface area (Å²) in [6, 6.07) is 10.1. The van der Waals surface area contributed by atoms with Crippen LogP contribution in [0.3, 0.4) is 0 Å². The van der Waals surface area contributed by atoms with Crippen molar-refractivity contribution in [2.24, 2.45) is 11.8 Å². The van der Waals surface area contributed by atoms with Crippen LogP contribution in [-0.4, -0.2) is 33.1 Å². The van der Waals surface area contributed by atoms with Gasteiger partial charge in [0.1, 0.15) is 5.60 Å². The number of hydrogen-bond acceptors (Lipinski definition) is 4. The standard InChI is InChI=1S/C20H25N3O/c1-15-6-5-11-22-19(15)20(24)16-7-4-8-17(20)13-23(12-16)14-18-9-2-3-10-21-18/h2-3,5-6,9-11,16-17,24H,4,7-8,12-14H2,1H3/t16-,17-/m1/s1. The average molecular weight is 323 g/mol. The van der Waals surface area contributed by atoms with Gasteiger partial charge in [0.05, 0.1) is 11.4 Å². The first-order valence-corrected chi connectivity index (χ1v) is 8.94. The molecule has 0 aromatic carbocycles. The molecule has 0 spiro atoms. The summed E-state index contributed by atoms with van der Waals surface area (Å²) < 4.78 is 0. The molecule has 4 nitrogen and oxygen atoms in total. The van der Waals surface area contributed by atoms with E-state index in [2.05, 4.69) is 33.9 Å². The third kappa shape index (κ3) is 2.64. The molecule has 126 valence electrons. The molecule has 0 unspecified atom stereocenters. The lowest BCUT2D eigenvalue weighted by molar-refractivity contribution is -0.151. The van der Waals surface area contributed by atoms with Crippen LogP contribution < -0.4 is 0 Å². The number of aliphatic hydroxyl groups is 1. The van der Waals surface area contributed by atoms with E-state index >= 15 is 0 Å². The Kier molecular flexibility index (Phi) is 4.10. The van der Waals surface area contributed by atoms with Gasteiger partial charge in [0, 0.05) is 43.9 Å². The predicted molar refractivity (Wildman–Crippen MR) is 93.2 cm³/mol. The minimum atomic E-state index is -0.774. The Morgan fingerprint density at radius 1 is 1.08 bits per heavy atom. The van der Waals surface area contributed by atoms with E-state index in [-0.39, 0.29) is 11.8 Å². The molecule has 0 amide bonds. The van der Waals surface area contributed by atoms with E-state index in [1.807, 2.05) is 30.6 Å². The lowest BCUT2D eigenvalue weighted by atomic mass is 9.63. The van der Waals surface area contributed by atoms with Crippen LogP contribution >= 0.6 is 0 Å². The molecule has 2 aromatic heterocycles. The lowest BCUT2D eigenvalue weighted by Crippen LogP contribution is -2.58. The Hall–Kier alpha value is -1.78. The normalized spacial score (nSPS) is 30.2. The van der Waals surface area contributed by atoms with Crippen molar-refractivity contribution in [3.05, 3.63) is 59.7 Å². The van der Waals surface area contributed by atoms with Gasteiger partial charge in [0.15, 0.2) is 0 Å². The van der Waals surface area contributed by atoms with E-state index in [4.69, 9.17) is 0 Å². The van der Waals surface area contributed by atoms with Crippen LogP contribution in [0, 0.1) is 18.8 Å². The second-order valence-electron chi connectivity index (χ2n) is 7.33. The maximum atomic E-state index is 11.7. The Morgan fingerprint density at radius 2 is 1.83 bits per heavy atom. The van der Waals surface area contributed by atoms with Crippen molar-refractivity contribution in [3.63, 3.8) is 0 Å². The van der Waals surface area contributed by atoms with E-state index < -0.39 is 5.60 Å². The number of aromatic nitrogens is 2. The molecule has 4 heteroatoms. The zero-order valence-corrected chi connectivity index (χ0v) is 14.2. The molecule has 1 aliphatic carbocycles. The number of fused-ring (bicyclic) bond motifs is 2. The topological polar surface area (TPSA) is 49.3 Å².